The number of thiophene rings is 1. The molecule has 1 aliphatic heterocycles. The van der Waals surface area contributed by atoms with Gasteiger partial charge in [0.05, 0.1) is 6.04 Å². The maximum atomic E-state index is 11.9. The largest absolute Gasteiger partial charge is 0.412 e. The number of halogens is 1. The van der Waals surface area contributed by atoms with Gasteiger partial charge in [-0.15, -0.1) is 11.3 Å². The highest BCUT2D eigenvalue weighted by Gasteiger charge is 2.27. The Bertz CT molecular complexity index is 858. The fraction of sp³-hybridized carbons (Fsp3) is 0.300. The van der Waals surface area contributed by atoms with Crippen LogP contribution in [-0.2, 0) is 22.6 Å². The zero-order valence-electron chi connectivity index (χ0n) is 14.7. The van der Waals surface area contributed by atoms with Gasteiger partial charge in [0.1, 0.15) is 6.29 Å². The second-order valence-corrected chi connectivity index (χ2v) is 7.70. The van der Waals surface area contributed by atoms with E-state index < -0.39 is 0 Å². The Kier molecular flexibility index (Phi) is 5.91. The van der Waals surface area contributed by atoms with E-state index in [1.165, 1.54) is 16.2 Å². The Balaban J connectivity index is 1.78. The van der Waals surface area contributed by atoms with Gasteiger partial charge in [-0.05, 0) is 43.5 Å². The molecule has 0 N–H and O–H groups in total. The smallest absolute Gasteiger partial charge is 0.339 e. The average Bonchev–Trinajstić information content (AvgIpc) is 3.04. The molecule has 0 amide bonds. The molecule has 0 saturated heterocycles. The zero-order valence-corrected chi connectivity index (χ0v) is 16.3. The van der Waals surface area contributed by atoms with Gasteiger partial charge >= 0.3 is 5.97 Å². The van der Waals surface area contributed by atoms with Gasteiger partial charge in [0.2, 0.25) is 0 Å². The van der Waals surface area contributed by atoms with Crippen LogP contribution >= 0.6 is 22.9 Å². The molecular formula is C20H20ClNO3S. The molecule has 2 aromatic rings. The third kappa shape index (κ3) is 3.90. The van der Waals surface area contributed by atoms with Crippen molar-refractivity contribution in [2.75, 3.05) is 6.54 Å². The predicted octanol–water partition coefficient (Wildman–Crippen LogP) is 4.57. The normalized spacial score (nSPS) is 16.0. The van der Waals surface area contributed by atoms with Gasteiger partial charge in [-0.25, -0.2) is 4.79 Å². The molecule has 0 radical (unpaired) electrons. The Morgan fingerprint density at radius 1 is 1.38 bits per heavy atom. The molecule has 0 bridgehead atoms. The van der Waals surface area contributed by atoms with Gasteiger partial charge in [-0.3, -0.25) is 4.90 Å². The van der Waals surface area contributed by atoms with E-state index >= 15 is 0 Å². The number of benzene rings is 1. The summed E-state index contributed by atoms with van der Waals surface area (Å²) in [7, 11) is 0. The van der Waals surface area contributed by atoms with E-state index in [2.05, 4.69) is 4.90 Å². The molecule has 26 heavy (non-hydrogen) atoms. The number of carbonyl (C=O) groups is 2. The van der Waals surface area contributed by atoms with Gasteiger partial charge in [-0.2, -0.15) is 0 Å². The lowest BCUT2D eigenvalue weighted by atomic mass is 10.0. The van der Waals surface area contributed by atoms with Gasteiger partial charge in [0, 0.05) is 28.6 Å². The van der Waals surface area contributed by atoms with Crippen molar-refractivity contribution in [1.82, 2.24) is 4.90 Å². The van der Waals surface area contributed by atoms with Crippen molar-refractivity contribution in [1.29, 1.82) is 0 Å². The highest BCUT2D eigenvalue weighted by molar-refractivity contribution is 7.14. The van der Waals surface area contributed by atoms with Crippen LogP contribution in [-0.4, -0.2) is 23.7 Å². The molecule has 3 rings (SSSR count). The van der Waals surface area contributed by atoms with Crippen LogP contribution in [0.25, 0.3) is 0 Å². The number of rotatable bonds is 5. The maximum Gasteiger partial charge on any atom is 0.339 e. The minimum Gasteiger partial charge on any atom is -0.412 e. The number of fused-ring (bicyclic) bond motifs is 1. The zero-order chi connectivity index (χ0) is 18.7. The Morgan fingerprint density at radius 2 is 2.15 bits per heavy atom. The van der Waals surface area contributed by atoms with Crippen LogP contribution < -0.4 is 4.74 Å². The summed E-state index contributed by atoms with van der Waals surface area (Å²) in [6, 6.07) is 8.95. The SMILES string of the molecule is C/C=C(/C)C(=O)Oc1cc2c(s1)CCN(C(C=O)c1ccccc1Cl)C2. The number of carbonyl (C=O) groups excluding carboxylic acids is 2. The summed E-state index contributed by atoms with van der Waals surface area (Å²) in [6.45, 7) is 4.92. The topological polar surface area (TPSA) is 46.6 Å². The molecule has 1 aromatic heterocycles. The number of allylic oxidation sites excluding steroid dienone is 1. The predicted molar refractivity (Wildman–Crippen MR) is 104 cm³/mol. The van der Waals surface area contributed by atoms with Crippen molar-refractivity contribution in [3.8, 4) is 5.06 Å². The lowest BCUT2D eigenvalue weighted by molar-refractivity contribution is -0.129. The molecule has 0 spiro atoms. The quantitative estimate of drug-likeness (QED) is 0.427. The summed E-state index contributed by atoms with van der Waals surface area (Å²) in [5.74, 6) is -0.329. The van der Waals surface area contributed by atoms with Crippen molar-refractivity contribution in [2.24, 2.45) is 0 Å². The summed E-state index contributed by atoms with van der Waals surface area (Å²) in [4.78, 5) is 27.0. The molecule has 1 atom stereocenters. The van der Waals surface area contributed by atoms with E-state index in [1.54, 1.807) is 19.1 Å². The second-order valence-electron chi connectivity index (χ2n) is 6.20. The highest BCUT2D eigenvalue weighted by atomic mass is 35.5. The first kappa shape index (κ1) is 18.8. The Morgan fingerprint density at radius 3 is 2.85 bits per heavy atom. The van der Waals surface area contributed by atoms with Crippen molar-refractivity contribution < 1.29 is 14.3 Å². The fourth-order valence-electron chi connectivity index (χ4n) is 2.98. The molecule has 0 fully saturated rings. The van der Waals surface area contributed by atoms with Gasteiger partial charge in [-0.1, -0.05) is 35.9 Å². The second kappa shape index (κ2) is 8.16. The molecule has 1 aliphatic rings. The van der Waals surface area contributed by atoms with Crippen LogP contribution in [0.2, 0.25) is 5.02 Å². The van der Waals surface area contributed by atoms with Crippen LogP contribution in [0.1, 0.15) is 35.9 Å². The minimum absolute atomic E-state index is 0.329. The van der Waals surface area contributed by atoms with E-state index in [-0.39, 0.29) is 12.0 Å². The minimum atomic E-state index is -0.381. The van der Waals surface area contributed by atoms with Crippen LogP contribution in [0.15, 0.2) is 42.0 Å². The molecule has 6 heteroatoms. The van der Waals surface area contributed by atoms with Gasteiger partial charge in [0.25, 0.3) is 0 Å². The first-order valence-electron chi connectivity index (χ1n) is 8.44. The summed E-state index contributed by atoms with van der Waals surface area (Å²) < 4.78 is 5.45. The van der Waals surface area contributed by atoms with Crippen molar-refractivity contribution in [2.45, 2.75) is 32.9 Å². The molecule has 0 aliphatic carbocycles. The van der Waals surface area contributed by atoms with Gasteiger partial charge in [0.15, 0.2) is 5.06 Å². The standard InChI is InChI=1S/C20H20ClNO3S/c1-3-13(2)20(24)25-19-10-14-11-22(9-8-18(14)26-19)17(12-23)15-6-4-5-7-16(15)21/h3-7,10,12,17H,8-9,11H2,1-2H3/b13-3-. The molecule has 136 valence electrons. The summed E-state index contributed by atoms with van der Waals surface area (Å²) in [5, 5.41) is 1.20. The van der Waals surface area contributed by atoms with E-state index in [0.29, 0.717) is 22.2 Å². The van der Waals surface area contributed by atoms with E-state index in [9.17, 15) is 9.59 Å². The lowest BCUT2D eigenvalue weighted by Crippen LogP contribution is -2.34. The highest BCUT2D eigenvalue weighted by Crippen LogP contribution is 2.36. The van der Waals surface area contributed by atoms with Crippen molar-refractivity contribution in [3.63, 3.8) is 0 Å². The molecule has 1 unspecified atom stereocenters. The van der Waals surface area contributed by atoms with Crippen molar-refractivity contribution in [3.05, 3.63) is 63.0 Å². The third-order valence-electron chi connectivity index (χ3n) is 4.57. The number of ether oxygens (including phenoxy) is 1. The average molecular weight is 390 g/mol. The molecule has 0 saturated carbocycles. The Labute approximate surface area is 162 Å². The van der Waals surface area contributed by atoms with Crippen molar-refractivity contribution >= 4 is 35.2 Å². The number of hydrogen-bond acceptors (Lipinski definition) is 5. The van der Waals surface area contributed by atoms with Crippen LogP contribution in [0.5, 0.6) is 5.06 Å². The molecular weight excluding hydrogens is 370 g/mol. The molecule has 2 heterocycles. The first-order chi connectivity index (χ1) is 12.5. The van der Waals surface area contributed by atoms with Crippen LogP contribution in [0.4, 0.5) is 0 Å². The van der Waals surface area contributed by atoms with Crippen LogP contribution in [0, 0.1) is 0 Å². The summed E-state index contributed by atoms with van der Waals surface area (Å²) >= 11 is 7.78. The molecule has 4 nitrogen and oxygen atoms in total. The van der Waals surface area contributed by atoms with E-state index in [4.69, 9.17) is 16.3 Å². The Hall–Kier alpha value is -1.95. The number of hydrogen-bond donors (Lipinski definition) is 0. The fourth-order valence-corrected chi connectivity index (χ4v) is 4.23. The molecule has 1 aromatic carbocycles. The monoisotopic (exact) mass is 389 g/mol. The maximum absolute atomic E-state index is 11.9. The van der Waals surface area contributed by atoms with E-state index in [0.717, 1.165) is 30.4 Å². The summed E-state index contributed by atoms with van der Waals surface area (Å²) in [5.41, 5.74) is 2.50. The lowest BCUT2D eigenvalue weighted by Gasteiger charge is -2.31. The number of aldehydes is 1. The van der Waals surface area contributed by atoms with Crippen LogP contribution in [0.3, 0.4) is 0 Å². The summed E-state index contributed by atoms with van der Waals surface area (Å²) in [6.07, 6.45) is 3.49. The van der Waals surface area contributed by atoms with Gasteiger partial charge < -0.3 is 9.53 Å². The first-order valence-corrected chi connectivity index (χ1v) is 9.63. The third-order valence-corrected chi connectivity index (χ3v) is 6.03. The number of esters is 1. The number of nitrogens with zero attached hydrogens (tertiary/aromatic N) is 1. The van der Waals surface area contributed by atoms with E-state index in [1.807, 2.05) is 31.2 Å².